The monoisotopic (exact) mass is 237 g/mol. The summed E-state index contributed by atoms with van der Waals surface area (Å²) in [7, 11) is 0. The van der Waals surface area contributed by atoms with Crippen LogP contribution in [0, 0.1) is 0 Å². The molecule has 0 bridgehead atoms. The van der Waals surface area contributed by atoms with E-state index in [0.29, 0.717) is 19.8 Å². The third-order valence-electron chi connectivity index (χ3n) is 2.77. The molecule has 0 radical (unpaired) electrons. The van der Waals surface area contributed by atoms with Gasteiger partial charge in [0.15, 0.2) is 0 Å². The zero-order valence-corrected chi connectivity index (χ0v) is 9.95. The number of ether oxygens (including phenoxy) is 2. The summed E-state index contributed by atoms with van der Waals surface area (Å²) in [5.74, 6) is 0.947. The van der Waals surface area contributed by atoms with Gasteiger partial charge in [0.1, 0.15) is 12.4 Å². The van der Waals surface area contributed by atoms with E-state index >= 15 is 0 Å². The fourth-order valence-corrected chi connectivity index (χ4v) is 1.99. The van der Waals surface area contributed by atoms with E-state index in [4.69, 9.17) is 14.6 Å². The van der Waals surface area contributed by atoms with Crippen LogP contribution in [0.25, 0.3) is 0 Å². The zero-order chi connectivity index (χ0) is 11.9. The Morgan fingerprint density at radius 3 is 3.06 bits per heavy atom. The Balaban J connectivity index is 1.87. The van der Waals surface area contributed by atoms with Crippen molar-refractivity contribution in [2.75, 3.05) is 38.3 Å². The lowest BCUT2D eigenvalue weighted by atomic mass is 10.0. The summed E-state index contributed by atoms with van der Waals surface area (Å²) >= 11 is 0. The van der Waals surface area contributed by atoms with Crippen molar-refractivity contribution >= 4 is 5.69 Å². The highest BCUT2D eigenvalue weighted by atomic mass is 16.5. The van der Waals surface area contributed by atoms with Gasteiger partial charge in [-0.3, -0.25) is 0 Å². The Morgan fingerprint density at radius 1 is 1.24 bits per heavy atom. The van der Waals surface area contributed by atoms with Gasteiger partial charge >= 0.3 is 0 Å². The number of nitrogens with one attached hydrogen (secondary N) is 1. The van der Waals surface area contributed by atoms with E-state index in [1.54, 1.807) is 0 Å². The minimum atomic E-state index is 0.0602. The number of aliphatic hydroxyl groups is 1. The van der Waals surface area contributed by atoms with Gasteiger partial charge in [-0.05, 0) is 25.0 Å². The summed E-state index contributed by atoms with van der Waals surface area (Å²) in [5, 5.41) is 11.9. The molecule has 0 saturated carbocycles. The number of fused-ring (bicyclic) bond motifs is 1. The molecule has 1 aliphatic heterocycles. The van der Waals surface area contributed by atoms with E-state index in [1.807, 2.05) is 12.1 Å². The third-order valence-corrected chi connectivity index (χ3v) is 2.77. The first-order valence-corrected chi connectivity index (χ1v) is 6.09. The fourth-order valence-electron chi connectivity index (χ4n) is 1.99. The Hall–Kier alpha value is -1.26. The Kier molecular flexibility index (Phi) is 4.64. The first kappa shape index (κ1) is 12.2. The molecule has 0 spiro atoms. The summed E-state index contributed by atoms with van der Waals surface area (Å²) in [5.41, 5.74) is 2.45. The van der Waals surface area contributed by atoms with Gasteiger partial charge in [-0.2, -0.15) is 0 Å². The Bertz CT molecular complexity index is 355. The molecule has 1 aliphatic rings. The molecule has 0 atom stereocenters. The second-order valence-electron chi connectivity index (χ2n) is 4.00. The molecule has 2 N–H and O–H groups in total. The van der Waals surface area contributed by atoms with E-state index < -0.39 is 0 Å². The molecule has 4 nitrogen and oxygen atoms in total. The van der Waals surface area contributed by atoms with E-state index in [-0.39, 0.29) is 6.61 Å². The largest absolute Gasteiger partial charge is 0.491 e. The molecule has 17 heavy (non-hydrogen) atoms. The number of benzene rings is 1. The van der Waals surface area contributed by atoms with Crippen molar-refractivity contribution in [3.63, 3.8) is 0 Å². The Morgan fingerprint density at radius 2 is 2.18 bits per heavy atom. The van der Waals surface area contributed by atoms with Crippen molar-refractivity contribution in [3.8, 4) is 5.75 Å². The van der Waals surface area contributed by atoms with E-state index in [2.05, 4.69) is 11.4 Å². The quantitative estimate of drug-likeness (QED) is 0.735. The van der Waals surface area contributed by atoms with Gasteiger partial charge in [0.05, 0.1) is 19.8 Å². The van der Waals surface area contributed by atoms with Crippen LogP contribution < -0.4 is 10.1 Å². The normalized spacial score (nSPS) is 13.9. The van der Waals surface area contributed by atoms with Gasteiger partial charge in [-0.15, -0.1) is 0 Å². The zero-order valence-electron chi connectivity index (χ0n) is 9.95. The molecule has 0 fully saturated rings. The maximum Gasteiger partial charge on any atom is 0.124 e. The van der Waals surface area contributed by atoms with Gasteiger partial charge in [0.25, 0.3) is 0 Å². The third kappa shape index (κ3) is 3.35. The van der Waals surface area contributed by atoms with E-state index in [9.17, 15) is 0 Å². The predicted octanol–water partition coefficient (Wildman–Crippen LogP) is 1.43. The maximum atomic E-state index is 8.57. The van der Waals surface area contributed by atoms with Gasteiger partial charge < -0.3 is 19.9 Å². The van der Waals surface area contributed by atoms with E-state index in [0.717, 1.165) is 25.1 Å². The molecular formula is C13H19NO3. The number of rotatable bonds is 6. The van der Waals surface area contributed by atoms with Crippen LogP contribution in [-0.2, 0) is 11.2 Å². The Labute approximate surface area is 102 Å². The first-order valence-electron chi connectivity index (χ1n) is 6.09. The van der Waals surface area contributed by atoms with Gasteiger partial charge in [0, 0.05) is 17.8 Å². The SMILES string of the molecule is OCCOCCOc1cccc2c1CCCN2. The summed E-state index contributed by atoms with van der Waals surface area (Å²) in [6.07, 6.45) is 2.21. The van der Waals surface area contributed by atoms with Crippen molar-refractivity contribution in [1.82, 2.24) is 0 Å². The van der Waals surface area contributed by atoms with Crippen LogP contribution in [0.4, 0.5) is 5.69 Å². The summed E-state index contributed by atoms with van der Waals surface area (Å²) in [6.45, 7) is 2.51. The summed E-state index contributed by atoms with van der Waals surface area (Å²) in [4.78, 5) is 0. The second-order valence-corrected chi connectivity index (χ2v) is 4.00. The smallest absolute Gasteiger partial charge is 0.124 e. The highest BCUT2D eigenvalue weighted by Crippen LogP contribution is 2.30. The highest BCUT2D eigenvalue weighted by Gasteiger charge is 2.12. The predicted molar refractivity (Wildman–Crippen MR) is 66.7 cm³/mol. The van der Waals surface area contributed by atoms with E-state index in [1.165, 1.54) is 11.3 Å². The number of aliphatic hydroxyl groups excluding tert-OH is 1. The molecule has 0 unspecified atom stereocenters. The minimum absolute atomic E-state index is 0.0602. The topological polar surface area (TPSA) is 50.7 Å². The molecule has 1 heterocycles. The van der Waals surface area contributed by atoms with Gasteiger partial charge in [-0.25, -0.2) is 0 Å². The maximum absolute atomic E-state index is 8.57. The van der Waals surface area contributed by atoms with Crippen molar-refractivity contribution < 1.29 is 14.6 Å². The molecule has 0 amide bonds. The molecule has 2 rings (SSSR count). The van der Waals surface area contributed by atoms with Crippen LogP contribution in [0.1, 0.15) is 12.0 Å². The number of hydrogen-bond acceptors (Lipinski definition) is 4. The van der Waals surface area contributed by atoms with Crippen LogP contribution in [0.5, 0.6) is 5.75 Å². The minimum Gasteiger partial charge on any atom is -0.491 e. The van der Waals surface area contributed by atoms with Crippen LogP contribution in [-0.4, -0.2) is 38.1 Å². The van der Waals surface area contributed by atoms with Crippen LogP contribution in [0.3, 0.4) is 0 Å². The average molecular weight is 237 g/mol. The lowest BCUT2D eigenvalue weighted by Crippen LogP contribution is -2.14. The molecule has 1 aromatic carbocycles. The number of hydrogen-bond donors (Lipinski definition) is 2. The second kappa shape index (κ2) is 6.47. The first-order chi connectivity index (χ1) is 8.42. The van der Waals surface area contributed by atoms with Gasteiger partial charge in [0.2, 0.25) is 0 Å². The van der Waals surface area contributed by atoms with Crippen molar-refractivity contribution in [3.05, 3.63) is 23.8 Å². The lowest BCUT2D eigenvalue weighted by molar-refractivity contribution is 0.0703. The van der Waals surface area contributed by atoms with Crippen LogP contribution in [0.15, 0.2) is 18.2 Å². The molecule has 0 aliphatic carbocycles. The van der Waals surface area contributed by atoms with Crippen molar-refractivity contribution in [2.24, 2.45) is 0 Å². The molecular weight excluding hydrogens is 218 g/mol. The fraction of sp³-hybridized carbons (Fsp3) is 0.538. The van der Waals surface area contributed by atoms with Crippen molar-refractivity contribution in [2.45, 2.75) is 12.8 Å². The summed E-state index contributed by atoms with van der Waals surface area (Å²) < 4.78 is 10.9. The molecule has 0 aromatic heterocycles. The van der Waals surface area contributed by atoms with Gasteiger partial charge in [-0.1, -0.05) is 6.07 Å². The standard InChI is InChI=1S/C13H19NO3/c15-7-8-16-9-10-17-13-5-1-4-12-11(13)3-2-6-14-12/h1,4-5,14-15H,2-3,6-10H2. The average Bonchev–Trinajstić information content (AvgIpc) is 2.39. The number of anilines is 1. The summed E-state index contributed by atoms with van der Waals surface area (Å²) in [6, 6.07) is 6.09. The molecule has 0 saturated heterocycles. The molecule has 4 heteroatoms. The molecule has 1 aromatic rings. The van der Waals surface area contributed by atoms with Crippen LogP contribution >= 0.6 is 0 Å². The molecule has 94 valence electrons. The highest BCUT2D eigenvalue weighted by molar-refractivity contribution is 5.58. The van der Waals surface area contributed by atoms with Crippen molar-refractivity contribution in [1.29, 1.82) is 0 Å². The lowest BCUT2D eigenvalue weighted by Gasteiger charge is -2.20. The van der Waals surface area contributed by atoms with Crippen LogP contribution in [0.2, 0.25) is 0 Å².